The third-order valence-electron chi connectivity index (χ3n) is 4.63. The summed E-state index contributed by atoms with van der Waals surface area (Å²) in [4.78, 5) is 35.3. The van der Waals surface area contributed by atoms with E-state index in [2.05, 4.69) is 10.6 Å². The molecule has 1 aliphatic carbocycles. The van der Waals surface area contributed by atoms with Crippen LogP contribution in [0.2, 0.25) is 0 Å². The number of carboxylic acids is 1. The lowest BCUT2D eigenvalue weighted by Crippen LogP contribution is -2.44. The molecule has 0 aliphatic heterocycles. The lowest BCUT2D eigenvalue weighted by Gasteiger charge is -2.18. The average Bonchev–Trinajstić information content (AvgIpc) is 3.11. The number of amides is 2. The second kappa shape index (κ2) is 8.65. The molecule has 3 N–H and O–H groups in total. The Kier molecular flexibility index (Phi) is 6.56. The van der Waals surface area contributed by atoms with Crippen molar-refractivity contribution in [2.45, 2.75) is 52.1 Å². The highest BCUT2D eigenvalue weighted by atomic mass is 16.4. The maximum absolute atomic E-state index is 12.2. The predicted molar refractivity (Wildman–Crippen MR) is 94.0 cm³/mol. The Balaban J connectivity index is 1.89. The number of carboxylic acid groups (broad SMARTS) is 1. The largest absolute Gasteiger partial charge is 0.480 e. The van der Waals surface area contributed by atoms with Crippen LogP contribution in [0.25, 0.3) is 0 Å². The van der Waals surface area contributed by atoms with E-state index in [4.69, 9.17) is 5.11 Å². The van der Waals surface area contributed by atoms with Crippen LogP contribution in [0.15, 0.2) is 24.3 Å². The summed E-state index contributed by atoms with van der Waals surface area (Å²) in [7, 11) is 0. The van der Waals surface area contributed by atoms with Crippen LogP contribution in [0.3, 0.4) is 0 Å². The summed E-state index contributed by atoms with van der Waals surface area (Å²) in [6, 6.07) is 5.92. The molecule has 1 aromatic carbocycles. The normalized spacial score (nSPS) is 15.8. The smallest absolute Gasteiger partial charge is 0.326 e. The van der Waals surface area contributed by atoms with Crippen LogP contribution in [0.4, 0.5) is 0 Å². The fraction of sp³-hybridized carbons (Fsp3) is 0.526. The van der Waals surface area contributed by atoms with Gasteiger partial charge in [0.2, 0.25) is 5.91 Å². The zero-order valence-corrected chi connectivity index (χ0v) is 14.7. The molecule has 1 saturated carbocycles. The first-order chi connectivity index (χ1) is 11.9. The van der Waals surface area contributed by atoms with Gasteiger partial charge in [0.25, 0.3) is 5.91 Å². The van der Waals surface area contributed by atoms with E-state index in [1.165, 1.54) is 0 Å². The molecule has 1 aliphatic rings. The Morgan fingerprint density at radius 1 is 1.12 bits per heavy atom. The quantitative estimate of drug-likeness (QED) is 0.706. The highest BCUT2D eigenvalue weighted by Crippen LogP contribution is 2.24. The second-order valence-electron chi connectivity index (χ2n) is 6.93. The number of nitrogens with one attached hydrogen (secondary N) is 2. The first kappa shape index (κ1) is 19.0. The lowest BCUT2D eigenvalue weighted by atomic mass is 10.0. The highest BCUT2D eigenvalue weighted by molar-refractivity contribution is 5.96. The Morgan fingerprint density at radius 2 is 1.72 bits per heavy atom. The molecule has 0 heterocycles. The summed E-state index contributed by atoms with van der Waals surface area (Å²) < 4.78 is 0. The van der Waals surface area contributed by atoms with E-state index in [0.717, 1.165) is 31.2 Å². The molecule has 1 fully saturated rings. The van der Waals surface area contributed by atoms with Crippen LogP contribution in [-0.4, -0.2) is 28.9 Å². The van der Waals surface area contributed by atoms with Crippen LogP contribution >= 0.6 is 0 Å². The van der Waals surface area contributed by atoms with Crippen molar-refractivity contribution in [3.8, 4) is 0 Å². The van der Waals surface area contributed by atoms with Gasteiger partial charge in [0.05, 0.1) is 0 Å². The molecule has 1 aromatic rings. The number of hydrogen-bond donors (Lipinski definition) is 3. The van der Waals surface area contributed by atoms with Gasteiger partial charge in [-0.15, -0.1) is 0 Å². The van der Waals surface area contributed by atoms with Gasteiger partial charge in [0, 0.05) is 18.0 Å². The van der Waals surface area contributed by atoms with Gasteiger partial charge < -0.3 is 15.7 Å². The Hall–Kier alpha value is -2.37. The van der Waals surface area contributed by atoms with E-state index in [1.807, 2.05) is 0 Å². The van der Waals surface area contributed by atoms with E-state index in [1.54, 1.807) is 38.1 Å². The van der Waals surface area contributed by atoms with Gasteiger partial charge in [0.1, 0.15) is 6.04 Å². The van der Waals surface area contributed by atoms with E-state index < -0.39 is 17.9 Å². The monoisotopic (exact) mass is 346 g/mol. The van der Waals surface area contributed by atoms with Crippen molar-refractivity contribution in [1.82, 2.24) is 10.6 Å². The molecule has 2 rings (SSSR count). The SMILES string of the molecule is CC(C)C(NC(=O)c1ccc(CNC(=O)C2CCCC2)cc1)C(=O)O. The molecule has 25 heavy (non-hydrogen) atoms. The van der Waals surface area contributed by atoms with Gasteiger partial charge in [0.15, 0.2) is 0 Å². The van der Waals surface area contributed by atoms with Crippen LogP contribution in [0, 0.1) is 11.8 Å². The van der Waals surface area contributed by atoms with Gasteiger partial charge in [-0.05, 0) is 36.5 Å². The number of carbonyl (C=O) groups is 3. The molecular weight excluding hydrogens is 320 g/mol. The standard InChI is InChI=1S/C19H26N2O4/c1-12(2)16(19(24)25)21-18(23)15-9-7-13(8-10-15)11-20-17(22)14-5-3-4-6-14/h7-10,12,14,16H,3-6,11H2,1-2H3,(H,20,22)(H,21,23)(H,24,25). The number of rotatable bonds is 7. The minimum Gasteiger partial charge on any atom is -0.480 e. The maximum Gasteiger partial charge on any atom is 0.326 e. The zero-order chi connectivity index (χ0) is 18.4. The van der Waals surface area contributed by atoms with Crippen molar-refractivity contribution in [3.63, 3.8) is 0 Å². The summed E-state index contributed by atoms with van der Waals surface area (Å²) in [5.74, 6) is -1.43. The van der Waals surface area contributed by atoms with Crippen LogP contribution < -0.4 is 10.6 Å². The fourth-order valence-electron chi connectivity index (χ4n) is 3.03. The highest BCUT2D eigenvalue weighted by Gasteiger charge is 2.24. The number of benzene rings is 1. The molecule has 0 spiro atoms. The van der Waals surface area contributed by atoms with E-state index >= 15 is 0 Å². The first-order valence-electron chi connectivity index (χ1n) is 8.79. The second-order valence-corrected chi connectivity index (χ2v) is 6.93. The topological polar surface area (TPSA) is 95.5 Å². The maximum atomic E-state index is 12.2. The van der Waals surface area contributed by atoms with Gasteiger partial charge in [-0.2, -0.15) is 0 Å². The summed E-state index contributed by atoms with van der Waals surface area (Å²) in [5, 5.41) is 14.6. The Labute approximate surface area is 148 Å². The number of aliphatic carboxylic acids is 1. The minimum absolute atomic E-state index is 0.0977. The van der Waals surface area contributed by atoms with Crippen molar-refractivity contribution in [1.29, 1.82) is 0 Å². The van der Waals surface area contributed by atoms with E-state index in [-0.39, 0.29) is 17.7 Å². The number of carbonyl (C=O) groups excluding carboxylic acids is 2. The predicted octanol–water partition coefficient (Wildman–Crippen LogP) is 2.33. The van der Waals surface area contributed by atoms with Crippen molar-refractivity contribution < 1.29 is 19.5 Å². The number of hydrogen-bond acceptors (Lipinski definition) is 3. The average molecular weight is 346 g/mol. The van der Waals surface area contributed by atoms with Crippen molar-refractivity contribution in [2.24, 2.45) is 11.8 Å². The lowest BCUT2D eigenvalue weighted by molar-refractivity contribution is -0.140. The minimum atomic E-state index is -1.05. The summed E-state index contributed by atoms with van der Waals surface area (Å²) in [5.41, 5.74) is 1.30. The molecule has 1 unspecified atom stereocenters. The molecule has 0 saturated heterocycles. The molecule has 6 nitrogen and oxygen atoms in total. The van der Waals surface area contributed by atoms with E-state index in [0.29, 0.717) is 12.1 Å². The van der Waals surface area contributed by atoms with Crippen molar-refractivity contribution >= 4 is 17.8 Å². The first-order valence-corrected chi connectivity index (χ1v) is 8.79. The molecule has 1 atom stereocenters. The van der Waals surface area contributed by atoms with E-state index in [9.17, 15) is 14.4 Å². The van der Waals surface area contributed by atoms with Gasteiger partial charge in [-0.1, -0.05) is 38.8 Å². The summed E-state index contributed by atoms with van der Waals surface area (Å²) in [6.07, 6.45) is 4.17. The van der Waals surface area contributed by atoms with Gasteiger partial charge in [-0.3, -0.25) is 9.59 Å². The molecule has 136 valence electrons. The van der Waals surface area contributed by atoms with Crippen molar-refractivity contribution in [2.75, 3.05) is 0 Å². The van der Waals surface area contributed by atoms with Crippen LogP contribution in [-0.2, 0) is 16.1 Å². The summed E-state index contributed by atoms with van der Waals surface area (Å²) >= 11 is 0. The molecule has 0 radical (unpaired) electrons. The zero-order valence-electron chi connectivity index (χ0n) is 14.7. The van der Waals surface area contributed by atoms with Crippen molar-refractivity contribution in [3.05, 3.63) is 35.4 Å². The van der Waals surface area contributed by atoms with Crippen LogP contribution in [0.1, 0.15) is 55.5 Å². The molecule has 2 amide bonds. The van der Waals surface area contributed by atoms with Gasteiger partial charge in [-0.25, -0.2) is 4.79 Å². The third kappa shape index (κ3) is 5.31. The third-order valence-corrected chi connectivity index (χ3v) is 4.63. The van der Waals surface area contributed by atoms with Crippen LogP contribution in [0.5, 0.6) is 0 Å². The molecule has 0 aromatic heterocycles. The Bertz CT molecular complexity index is 619. The Morgan fingerprint density at radius 3 is 2.24 bits per heavy atom. The fourth-order valence-corrected chi connectivity index (χ4v) is 3.03. The molecular formula is C19H26N2O4. The molecule has 0 bridgehead atoms. The van der Waals surface area contributed by atoms with Gasteiger partial charge >= 0.3 is 5.97 Å². The molecule has 6 heteroatoms. The summed E-state index contributed by atoms with van der Waals surface area (Å²) in [6.45, 7) is 3.92.